The maximum absolute atomic E-state index is 12.6. The summed E-state index contributed by atoms with van der Waals surface area (Å²) in [7, 11) is 0. The minimum Gasteiger partial charge on any atom is -0.491 e. The molecule has 1 atom stereocenters. The number of piperidine rings is 1. The summed E-state index contributed by atoms with van der Waals surface area (Å²) in [5.74, 6) is 1.11. The van der Waals surface area contributed by atoms with Crippen molar-refractivity contribution in [3.63, 3.8) is 0 Å². The Kier molecular flexibility index (Phi) is 5.49. The normalized spacial score (nSPS) is 22.4. The number of ether oxygens (including phenoxy) is 2. The summed E-state index contributed by atoms with van der Waals surface area (Å²) in [5.41, 5.74) is 0.454. The Morgan fingerprint density at radius 2 is 2.12 bits per heavy atom. The minimum absolute atomic E-state index is 0.117. The lowest BCUT2D eigenvalue weighted by Crippen LogP contribution is -2.48. The molecule has 2 heterocycles. The maximum atomic E-state index is 12.6. The van der Waals surface area contributed by atoms with Crippen molar-refractivity contribution in [1.29, 1.82) is 0 Å². The topological polar surface area (TPSA) is 71.0 Å². The van der Waals surface area contributed by atoms with E-state index in [1.165, 1.54) is 0 Å². The van der Waals surface area contributed by atoms with Crippen LogP contribution in [0.1, 0.15) is 33.1 Å². The van der Waals surface area contributed by atoms with Gasteiger partial charge in [-0.1, -0.05) is 26.0 Å². The summed E-state index contributed by atoms with van der Waals surface area (Å²) in [6.07, 6.45) is 1.84. The highest BCUT2D eigenvalue weighted by Gasteiger charge is 2.42. The van der Waals surface area contributed by atoms with Gasteiger partial charge in [-0.2, -0.15) is 0 Å². The highest BCUT2D eigenvalue weighted by atomic mass is 16.5. The Morgan fingerprint density at radius 1 is 1.40 bits per heavy atom. The Balaban J connectivity index is 1.56. The van der Waals surface area contributed by atoms with Crippen molar-refractivity contribution in [2.75, 3.05) is 31.6 Å². The van der Waals surface area contributed by atoms with E-state index < -0.39 is 0 Å². The van der Waals surface area contributed by atoms with Crippen molar-refractivity contribution < 1.29 is 19.4 Å². The lowest BCUT2D eigenvalue weighted by molar-refractivity contribution is -0.0365. The fourth-order valence-electron chi connectivity index (χ4n) is 3.43. The number of rotatable bonds is 4. The van der Waals surface area contributed by atoms with Crippen LogP contribution in [-0.2, 0) is 4.74 Å². The number of aliphatic hydroxyl groups is 1. The SMILES string of the molecule is CC(C)COc1ccccc1NC(=O)N1CCC2(CC1)CC(O)CO2. The van der Waals surface area contributed by atoms with Crippen molar-refractivity contribution in [2.24, 2.45) is 5.92 Å². The van der Waals surface area contributed by atoms with E-state index >= 15 is 0 Å². The molecule has 0 aromatic heterocycles. The zero-order valence-electron chi connectivity index (χ0n) is 15.0. The molecule has 2 aliphatic rings. The number of para-hydroxylation sites is 2. The van der Waals surface area contributed by atoms with Gasteiger partial charge in [-0.3, -0.25) is 0 Å². The third-order valence-electron chi connectivity index (χ3n) is 4.85. The van der Waals surface area contributed by atoms with Crippen molar-refractivity contribution in [2.45, 2.75) is 44.8 Å². The van der Waals surface area contributed by atoms with E-state index in [9.17, 15) is 9.90 Å². The van der Waals surface area contributed by atoms with Crippen LogP contribution in [0.2, 0.25) is 0 Å². The summed E-state index contributed by atoms with van der Waals surface area (Å²) in [6.45, 7) is 6.46. The monoisotopic (exact) mass is 348 g/mol. The number of nitrogens with one attached hydrogen (secondary N) is 1. The van der Waals surface area contributed by atoms with Gasteiger partial charge in [0.2, 0.25) is 0 Å². The zero-order valence-corrected chi connectivity index (χ0v) is 15.0. The van der Waals surface area contributed by atoms with Crippen molar-refractivity contribution in [3.8, 4) is 5.75 Å². The first-order valence-electron chi connectivity index (χ1n) is 9.07. The van der Waals surface area contributed by atoms with Crippen LogP contribution in [0, 0.1) is 5.92 Å². The number of hydrogen-bond donors (Lipinski definition) is 2. The summed E-state index contributed by atoms with van der Waals surface area (Å²) in [4.78, 5) is 14.4. The quantitative estimate of drug-likeness (QED) is 0.878. The standard InChI is InChI=1S/C19H28N2O4/c1-14(2)12-24-17-6-4-3-5-16(17)20-18(23)21-9-7-19(8-10-21)11-15(22)13-25-19/h3-6,14-15,22H,7-13H2,1-2H3,(H,20,23). The van der Waals surface area contributed by atoms with Crippen molar-refractivity contribution in [3.05, 3.63) is 24.3 Å². The van der Waals surface area contributed by atoms with Gasteiger partial charge in [0, 0.05) is 19.5 Å². The molecule has 2 saturated heterocycles. The predicted molar refractivity (Wildman–Crippen MR) is 95.9 cm³/mol. The lowest BCUT2D eigenvalue weighted by atomic mass is 9.88. The molecule has 25 heavy (non-hydrogen) atoms. The van der Waals surface area contributed by atoms with E-state index in [0.717, 1.165) is 12.8 Å². The first-order chi connectivity index (χ1) is 12.0. The van der Waals surface area contributed by atoms with E-state index in [1.807, 2.05) is 24.3 Å². The largest absolute Gasteiger partial charge is 0.491 e. The second-order valence-electron chi connectivity index (χ2n) is 7.47. The smallest absolute Gasteiger partial charge is 0.321 e. The number of urea groups is 1. The number of hydrogen-bond acceptors (Lipinski definition) is 4. The molecule has 6 nitrogen and oxygen atoms in total. The van der Waals surface area contributed by atoms with Crippen molar-refractivity contribution in [1.82, 2.24) is 4.90 Å². The van der Waals surface area contributed by atoms with Gasteiger partial charge >= 0.3 is 6.03 Å². The first-order valence-corrected chi connectivity index (χ1v) is 9.07. The molecule has 0 saturated carbocycles. The van der Waals surface area contributed by atoms with Crippen LogP contribution in [0.3, 0.4) is 0 Å². The van der Waals surface area contributed by atoms with Crippen LogP contribution in [0.4, 0.5) is 10.5 Å². The molecule has 0 aliphatic carbocycles. The van der Waals surface area contributed by atoms with Gasteiger partial charge < -0.3 is 24.8 Å². The molecule has 0 radical (unpaired) electrons. The second-order valence-corrected chi connectivity index (χ2v) is 7.47. The highest BCUT2D eigenvalue weighted by Crippen LogP contribution is 2.36. The van der Waals surface area contributed by atoms with E-state index in [1.54, 1.807) is 4.90 Å². The molecule has 0 bridgehead atoms. The third kappa shape index (κ3) is 4.44. The van der Waals surface area contributed by atoms with Crippen LogP contribution >= 0.6 is 0 Å². The van der Waals surface area contributed by atoms with Gasteiger partial charge in [-0.05, 0) is 30.9 Å². The van der Waals surface area contributed by atoms with Gasteiger partial charge in [-0.15, -0.1) is 0 Å². The number of aliphatic hydroxyl groups excluding tert-OH is 1. The Labute approximate surface area is 149 Å². The van der Waals surface area contributed by atoms with Crippen LogP contribution < -0.4 is 10.1 Å². The number of amides is 2. The number of carbonyl (C=O) groups excluding carboxylic acids is 1. The molecule has 1 unspecified atom stereocenters. The van der Waals surface area contributed by atoms with Crippen LogP contribution in [0.15, 0.2) is 24.3 Å². The summed E-state index contributed by atoms with van der Waals surface area (Å²) in [6, 6.07) is 7.40. The Hall–Kier alpha value is -1.79. The van der Waals surface area contributed by atoms with Gasteiger partial charge in [-0.25, -0.2) is 4.79 Å². The van der Waals surface area contributed by atoms with Gasteiger partial charge in [0.05, 0.1) is 30.6 Å². The van der Waals surface area contributed by atoms with E-state index in [4.69, 9.17) is 9.47 Å². The zero-order chi connectivity index (χ0) is 17.9. The average molecular weight is 348 g/mol. The van der Waals surface area contributed by atoms with E-state index in [2.05, 4.69) is 19.2 Å². The maximum Gasteiger partial charge on any atom is 0.321 e. The third-order valence-corrected chi connectivity index (χ3v) is 4.85. The Morgan fingerprint density at radius 3 is 2.76 bits per heavy atom. The number of carbonyl (C=O) groups is 1. The molecule has 138 valence electrons. The molecule has 2 aliphatic heterocycles. The minimum atomic E-state index is -0.370. The van der Waals surface area contributed by atoms with Crippen LogP contribution in [0.25, 0.3) is 0 Å². The second kappa shape index (κ2) is 7.62. The summed E-state index contributed by atoms with van der Waals surface area (Å²) in [5, 5.41) is 12.7. The predicted octanol–water partition coefficient (Wildman–Crippen LogP) is 2.87. The first kappa shape index (κ1) is 18.0. The Bertz CT molecular complexity index is 597. The molecule has 1 aromatic carbocycles. The molecule has 3 rings (SSSR count). The number of benzene rings is 1. The molecule has 2 N–H and O–H groups in total. The van der Waals surface area contributed by atoms with Gasteiger partial charge in [0.25, 0.3) is 0 Å². The number of likely N-dealkylation sites (tertiary alicyclic amines) is 1. The van der Waals surface area contributed by atoms with Crippen LogP contribution in [0.5, 0.6) is 5.75 Å². The lowest BCUT2D eigenvalue weighted by Gasteiger charge is -2.38. The molecular formula is C19H28N2O4. The fraction of sp³-hybridized carbons (Fsp3) is 0.632. The molecule has 6 heteroatoms. The molecule has 1 aromatic rings. The highest BCUT2D eigenvalue weighted by molar-refractivity contribution is 5.91. The number of anilines is 1. The van der Waals surface area contributed by atoms with Crippen LogP contribution in [-0.4, -0.2) is 54.0 Å². The molecular weight excluding hydrogens is 320 g/mol. The molecule has 1 spiro atoms. The van der Waals surface area contributed by atoms with Gasteiger partial charge in [0.1, 0.15) is 5.75 Å². The summed E-state index contributed by atoms with van der Waals surface area (Å²) >= 11 is 0. The molecule has 2 amide bonds. The fourth-order valence-corrected chi connectivity index (χ4v) is 3.43. The number of nitrogens with zero attached hydrogens (tertiary/aromatic N) is 1. The molecule has 2 fully saturated rings. The van der Waals surface area contributed by atoms with E-state index in [-0.39, 0.29) is 17.7 Å². The average Bonchev–Trinajstić information content (AvgIpc) is 2.95. The summed E-state index contributed by atoms with van der Waals surface area (Å²) < 4.78 is 11.6. The van der Waals surface area contributed by atoms with Gasteiger partial charge in [0.15, 0.2) is 0 Å². The van der Waals surface area contributed by atoms with E-state index in [0.29, 0.717) is 50.1 Å². The van der Waals surface area contributed by atoms with Crippen molar-refractivity contribution >= 4 is 11.7 Å².